The van der Waals surface area contributed by atoms with E-state index < -0.39 is 0 Å². The second-order valence-corrected chi connectivity index (χ2v) is 5.01. The molecule has 0 aromatic heterocycles. The van der Waals surface area contributed by atoms with E-state index in [1.54, 1.807) is 7.11 Å². The number of rotatable bonds is 7. The maximum Gasteiger partial charge on any atom is 0.0634 e. The minimum atomic E-state index is -0.0305. The zero-order chi connectivity index (χ0) is 12.7. The van der Waals surface area contributed by atoms with E-state index in [0.29, 0.717) is 0 Å². The largest absolute Gasteiger partial charge is 0.379 e. The van der Waals surface area contributed by atoms with Gasteiger partial charge in [0.25, 0.3) is 0 Å². The van der Waals surface area contributed by atoms with Gasteiger partial charge in [-0.3, -0.25) is 0 Å². The van der Waals surface area contributed by atoms with Crippen molar-refractivity contribution in [2.45, 2.75) is 45.8 Å². The molecule has 0 aliphatic heterocycles. The first-order valence-electron chi connectivity index (χ1n) is 6.41. The van der Waals surface area contributed by atoms with E-state index in [1.807, 2.05) is 0 Å². The zero-order valence-corrected chi connectivity index (χ0v) is 11.5. The third kappa shape index (κ3) is 4.88. The van der Waals surface area contributed by atoms with E-state index in [4.69, 9.17) is 4.74 Å². The predicted octanol–water partition coefficient (Wildman–Crippen LogP) is 3.15. The van der Waals surface area contributed by atoms with Crippen molar-refractivity contribution in [1.82, 2.24) is 5.32 Å². The third-order valence-corrected chi connectivity index (χ3v) is 3.27. The van der Waals surface area contributed by atoms with Crippen LogP contribution in [0.1, 0.15) is 38.3 Å². The SMILES string of the molecule is CCc1ccccc1CNCCC(C)(C)OC. The Balaban J connectivity index is 2.36. The van der Waals surface area contributed by atoms with Gasteiger partial charge in [-0.2, -0.15) is 0 Å². The first-order valence-corrected chi connectivity index (χ1v) is 6.41. The Hall–Kier alpha value is -0.860. The standard InChI is InChI=1S/C15H25NO/c1-5-13-8-6-7-9-14(13)12-16-11-10-15(2,3)17-4/h6-9,16H,5,10-12H2,1-4H3. The Morgan fingerprint density at radius 3 is 2.41 bits per heavy atom. The van der Waals surface area contributed by atoms with Gasteiger partial charge in [0.2, 0.25) is 0 Å². The van der Waals surface area contributed by atoms with Crippen LogP contribution >= 0.6 is 0 Å². The molecule has 0 unspecified atom stereocenters. The number of benzene rings is 1. The zero-order valence-electron chi connectivity index (χ0n) is 11.5. The fourth-order valence-corrected chi connectivity index (χ4v) is 1.79. The first kappa shape index (κ1) is 14.2. The van der Waals surface area contributed by atoms with Gasteiger partial charge in [0, 0.05) is 13.7 Å². The molecule has 0 saturated heterocycles. The van der Waals surface area contributed by atoms with Gasteiger partial charge >= 0.3 is 0 Å². The quantitative estimate of drug-likeness (QED) is 0.733. The summed E-state index contributed by atoms with van der Waals surface area (Å²) in [5, 5.41) is 3.49. The van der Waals surface area contributed by atoms with Crippen LogP contribution in [0, 0.1) is 0 Å². The topological polar surface area (TPSA) is 21.3 Å². The smallest absolute Gasteiger partial charge is 0.0634 e. The summed E-state index contributed by atoms with van der Waals surface area (Å²) in [4.78, 5) is 0. The van der Waals surface area contributed by atoms with Crippen molar-refractivity contribution in [3.63, 3.8) is 0 Å². The Bertz CT molecular complexity index is 333. The highest BCUT2D eigenvalue weighted by Crippen LogP contribution is 2.12. The fourth-order valence-electron chi connectivity index (χ4n) is 1.79. The molecule has 96 valence electrons. The van der Waals surface area contributed by atoms with Crippen molar-refractivity contribution in [1.29, 1.82) is 0 Å². The molecule has 1 aromatic rings. The summed E-state index contributed by atoms with van der Waals surface area (Å²) in [6, 6.07) is 8.62. The molecule has 2 nitrogen and oxygen atoms in total. The van der Waals surface area contributed by atoms with Crippen LogP contribution in [0.15, 0.2) is 24.3 Å². The van der Waals surface area contributed by atoms with Crippen molar-refractivity contribution < 1.29 is 4.74 Å². The van der Waals surface area contributed by atoms with Gasteiger partial charge in [-0.15, -0.1) is 0 Å². The summed E-state index contributed by atoms with van der Waals surface area (Å²) in [7, 11) is 1.77. The van der Waals surface area contributed by atoms with Crippen LogP contribution in [0.3, 0.4) is 0 Å². The van der Waals surface area contributed by atoms with E-state index in [-0.39, 0.29) is 5.60 Å². The van der Waals surface area contributed by atoms with Crippen LogP contribution < -0.4 is 5.32 Å². The average molecular weight is 235 g/mol. The molecule has 0 heterocycles. The second-order valence-electron chi connectivity index (χ2n) is 5.01. The maximum atomic E-state index is 5.39. The summed E-state index contributed by atoms with van der Waals surface area (Å²) in [6.45, 7) is 8.37. The van der Waals surface area contributed by atoms with Crippen LogP contribution in [0.25, 0.3) is 0 Å². The molecule has 0 saturated carbocycles. The Kier molecular flexibility index (Phi) is 5.66. The molecule has 0 bridgehead atoms. The molecule has 0 aliphatic rings. The lowest BCUT2D eigenvalue weighted by Crippen LogP contribution is -2.28. The fraction of sp³-hybridized carbons (Fsp3) is 0.600. The number of methoxy groups -OCH3 is 1. The van der Waals surface area contributed by atoms with Crippen LogP contribution in [-0.2, 0) is 17.7 Å². The van der Waals surface area contributed by atoms with E-state index in [0.717, 1.165) is 25.9 Å². The molecule has 0 spiro atoms. The molecular weight excluding hydrogens is 210 g/mol. The Labute approximate surface area is 105 Å². The Morgan fingerprint density at radius 1 is 1.18 bits per heavy atom. The molecule has 0 amide bonds. The van der Waals surface area contributed by atoms with Crippen molar-refractivity contribution in [3.8, 4) is 0 Å². The molecule has 17 heavy (non-hydrogen) atoms. The van der Waals surface area contributed by atoms with E-state index >= 15 is 0 Å². The minimum absolute atomic E-state index is 0.0305. The maximum absolute atomic E-state index is 5.39. The van der Waals surface area contributed by atoms with Crippen molar-refractivity contribution in [2.24, 2.45) is 0 Å². The van der Waals surface area contributed by atoms with Crippen LogP contribution in [-0.4, -0.2) is 19.3 Å². The average Bonchev–Trinajstić information content (AvgIpc) is 2.35. The van der Waals surface area contributed by atoms with Crippen molar-refractivity contribution in [3.05, 3.63) is 35.4 Å². The number of ether oxygens (including phenoxy) is 1. The monoisotopic (exact) mass is 235 g/mol. The molecular formula is C15H25NO. The number of aryl methyl sites for hydroxylation is 1. The van der Waals surface area contributed by atoms with Gasteiger partial charge in [-0.1, -0.05) is 31.2 Å². The van der Waals surface area contributed by atoms with Crippen LogP contribution in [0.5, 0.6) is 0 Å². The lowest BCUT2D eigenvalue weighted by Gasteiger charge is -2.22. The molecule has 0 aliphatic carbocycles. The van der Waals surface area contributed by atoms with E-state index in [9.17, 15) is 0 Å². The van der Waals surface area contributed by atoms with Crippen LogP contribution in [0.2, 0.25) is 0 Å². The van der Waals surface area contributed by atoms with Gasteiger partial charge in [-0.05, 0) is 44.4 Å². The second kappa shape index (κ2) is 6.77. The molecule has 1 aromatic carbocycles. The lowest BCUT2D eigenvalue weighted by molar-refractivity contribution is 0.0158. The highest BCUT2D eigenvalue weighted by atomic mass is 16.5. The molecule has 1 N–H and O–H groups in total. The van der Waals surface area contributed by atoms with E-state index in [2.05, 4.69) is 50.4 Å². The lowest BCUT2D eigenvalue weighted by atomic mass is 10.0. The van der Waals surface area contributed by atoms with Crippen molar-refractivity contribution >= 4 is 0 Å². The summed E-state index contributed by atoms with van der Waals surface area (Å²) >= 11 is 0. The van der Waals surface area contributed by atoms with Gasteiger partial charge in [-0.25, -0.2) is 0 Å². The number of nitrogens with one attached hydrogen (secondary N) is 1. The highest BCUT2D eigenvalue weighted by Gasteiger charge is 2.14. The predicted molar refractivity (Wildman–Crippen MR) is 73.2 cm³/mol. The molecule has 1 rings (SSSR count). The van der Waals surface area contributed by atoms with Gasteiger partial charge in [0.05, 0.1) is 5.60 Å². The van der Waals surface area contributed by atoms with Gasteiger partial charge in [0.1, 0.15) is 0 Å². The third-order valence-electron chi connectivity index (χ3n) is 3.27. The first-order chi connectivity index (χ1) is 8.09. The minimum Gasteiger partial charge on any atom is -0.379 e. The number of hydrogen-bond donors (Lipinski definition) is 1. The molecule has 0 atom stereocenters. The molecule has 0 radical (unpaired) electrons. The van der Waals surface area contributed by atoms with E-state index in [1.165, 1.54) is 11.1 Å². The molecule has 0 fully saturated rings. The summed E-state index contributed by atoms with van der Waals surface area (Å²) in [6.07, 6.45) is 2.12. The van der Waals surface area contributed by atoms with Gasteiger partial charge in [0.15, 0.2) is 0 Å². The Morgan fingerprint density at radius 2 is 1.82 bits per heavy atom. The summed E-state index contributed by atoms with van der Waals surface area (Å²) in [5.74, 6) is 0. The van der Waals surface area contributed by atoms with Crippen molar-refractivity contribution in [2.75, 3.05) is 13.7 Å². The number of hydrogen-bond acceptors (Lipinski definition) is 2. The normalized spacial score (nSPS) is 11.8. The summed E-state index contributed by atoms with van der Waals surface area (Å²) < 4.78 is 5.39. The summed E-state index contributed by atoms with van der Waals surface area (Å²) in [5.41, 5.74) is 2.81. The molecule has 2 heteroatoms. The van der Waals surface area contributed by atoms with Gasteiger partial charge < -0.3 is 10.1 Å². The highest BCUT2D eigenvalue weighted by molar-refractivity contribution is 5.26. The van der Waals surface area contributed by atoms with Crippen LogP contribution in [0.4, 0.5) is 0 Å².